The molecule has 0 saturated carbocycles. The largest absolute Gasteiger partial charge is 0.449 e. The van der Waals surface area contributed by atoms with Crippen molar-refractivity contribution in [1.82, 2.24) is 75.1 Å². The summed E-state index contributed by atoms with van der Waals surface area (Å²) in [6.07, 6.45) is 9.51. The van der Waals surface area contributed by atoms with Crippen LogP contribution in [0.1, 0.15) is 108 Å². The van der Waals surface area contributed by atoms with E-state index in [-0.39, 0.29) is 0 Å². The Morgan fingerprint density at radius 1 is 0.542 bits per heavy atom. The molecular formula is C39H67N15O2S3. The van der Waals surface area contributed by atoms with E-state index >= 15 is 0 Å². The van der Waals surface area contributed by atoms with Crippen molar-refractivity contribution in [3.63, 3.8) is 0 Å². The minimum absolute atomic E-state index is 0.877. The Hall–Kier alpha value is -5.34. The van der Waals surface area contributed by atoms with Crippen LogP contribution in [0.25, 0.3) is 0 Å². The zero-order chi connectivity index (χ0) is 45.6. The van der Waals surface area contributed by atoms with E-state index in [0.29, 0.717) is 0 Å². The van der Waals surface area contributed by atoms with Crippen LogP contribution in [-0.4, -0.2) is 75.1 Å². The van der Waals surface area contributed by atoms with Crippen LogP contribution in [0.4, 0.5) is 0 Å². The molecule has 0 aliphatic rings. The quantitative estimate of drug-likeness (QED) is 0.145. The van der Waals surface area contributed by atoms with Gasteiger partial charge in [-0.25, -0.2) is 24.9 Å². The minimum atomic E-state index is 0.877. The van der Waals surface area contributed by atoms with Crippen LogP contribution in [0.2, 0.25) is 0 Å². The number of rotatable bonds is 0. The fourth-order valence-corrected chi connectivity index (χ4v) is 4.31. The van der Waals surface area contributed by atoms with Gasteiger partial charge in [-0.2, -0.15) is 50.2 Å². The predicted molar refractivity (Wildman–Crippen MR) is 242 cm³/mol. The van der Waals surface area contributed by atoms with Crippen molar-refractivity contribution in [3.8, 4) is 0 Å². The zero-order valence-electron chi connectivity index (χ0n) is 38.5. The van der Waals surface area contributed by atoms with Crippen molar-refractivity contribution in [2.24, 2.45) is 7.05 Å². The summed E-state index contributed by atoms with van der Waals surface area (Å²) in [6, 6.07) is 0. The van der Waals surface area contributed by atoms with Crippen molar-refractivity contribution in [2.75, 3.05) is 0 Å². The second kappa shape index (κ2) is 38.2. The lowest BCUT2D eigenvalue weighted by Gasteiger charge is -1.77. The van der Waals surface area contributed by atoms with Crippen LogP contribution in [0.3, 0.4) is 0 Å². The van der Waals surface area contributed by atoms with E-state index in [9.17, 15) is 0 Å². The van der Waals surface area contributed by atoms with E-state index in [1.54, 1.807) is 54.5 Å². The number of aromatic nitrogens is 15. The smallest absolute Gasteiger partial charge is 0.181 e. The van der Waals surface area contributed by atoms with E-state index in [1.807, 2.05) is 122 Å². The number of aromatic amines is 2. The molecule has 2 N–H and O–H groups in total. The summed E-state index contributed by atoms with van der Waals surface area (Å²) < 4.78 is 13.7. The second-order valence-corrected chi connectivity index (χ2v) is 13.7. The van der Waals surface area contributed by atoms with E-state index in [4.69, 9.17) is 8.83 Å². The first kappa shape index (κ1) is 58.0. The van der Waals surface area contributed by atoms with Gasteiger partial charge in [0.2, 0.25) is 0 Å². The molecule has 8 aromatic heterocycles. The lowest BCUT2D eigenvalue weighted by Crippen LogP contribution is -1.89. The first-order chi connectivity index (χ1) is 28.2. The first-order valence-corrected chi connectivity index (χ1v) is 21.4. The second-order valence-electron chi connectivity index (χ2n) is 10.6. The summed E-state index contributed by atoms with van der Waals surface area (Å²) in [4.78, 5) is 23.9. The van der Waals surface area contributed by atoms with Gasteiger partial charge in [-0.15, -0.1) is 22.7 Å². The summed E-state index contributed by atoms with van der Waals surface area (Å²) in [5, 5.41) is 27.9. The lowest BCUT2D eigenvalue weighted by atomic mass is 10.4. The Balaban J connectivity index is -0.000000597. The summed E-state index contributed by atoms with van der Waals surface area (Å²) in [7, 11) is 1.78. The van der Waals surface area contributed by atoms with E-state index in [1.165, 1.54) is 38.9 Å². The number of hydrogen-bond acceptors (Lipinski definition) is 17. The van der Waals surface area contributed by atoms with Crippen LogP contribution in [0.5, 0.6) is 0 Å². The van der Waals surface area contributed by atoms with E-state index in [0.717, 1.165) is 56.5 Å². The van der Waals surface area contributed by atoms with Crippen molar-refractivity contribution >= 4 is 34.2 Å². The van der Waals surface area contributed by atoms with Crippen molar-refractivity contribution in [2.45, 2.75) is 125 Å². The molecule has 8 heterocycles. The SMILES string of the molecule is CC.CC.CC.Cc1cn[nH]n1.Cc1cn[nH]n1.Cc1ncoc1C.Cc1ncoc1C.Cc1ncsc1C.Cc1ncsc1C.Cc1nsc(C)n1.Cn1nccn1. The maximum Gasteiger partial charge on any atom is 0.181 e. The highest BCUT2D eigenvalue weighted by molar-refractivity contribution is 7.09. The zero-order valence-corrected chi connectivity index (χ0v) is 40.9. The Morgan fingerprint density at radius 2 is 0.932 bits per heavy atom. The molecule has 328 valence electrons. The third-order valence-corrected chi connectivity index (χ3v) is 8.61. The van der Waals surface area contributed by atoms with Gasteiger partial charge in [0.25, 0.3) is 0 Å². The fraction of sp³-hybridized carbons (Fsp3) is 0.487. The Labute approximate surface area is 363 Å². The average molecular weight is 874 g/mol. The first-order valence-electron chi connectivity index (χ1n) is 18.9. The molecule has 20 heteroatoms. The predicted octanol–water partition coefficient (Wildman–Crippen LogP) is 10.4. The molecular weight excluding hydrogens is 807 g/mol. The van der Waals surface area contributed by atoms with Crippen LogP contribution in [0, 0.1) is 83.1 Å². The van der Waals surface area contributed by atoms with Crippen LogP contribution >= 0.6 is 34.2 Å². The number of nitrogens with zero attached hydrogens (tertiary/aromatic N) is 13. The fourth-order valence-electron chi connectivity index (χ4n) is 2.64. The molecule has 0 fully saturated rings. The van der Waals surface area contributed by atoms with Gasteiger partial charge in [0.1, 0.15) is 22.4 Å². The van der Waals surface area contributed by atoms with Gasteiger partial charge in [-0.3, -0.25) is 0 Å². The standard InChI is InChI=1S/2C5H7NO.2C5H7NS.C4H6N2S.3C3H5N3.3C2H6/c4*1-4-5(2)7-3-6-4;1-3-5-4(2)7-6-3;1-6-4-2-3-5-6;2*1-3-2-4-6-5-3;3*1-2/h4*3H,1-2H3;1-2H3;2-3H,1H3;2*2H,1H3,(H,4,5,6);3*1-2H3. The Bertz CT molecular complexity index is 1680. The van der Waals surface area contributed by atoms with Gasteiger partial charge in [-0.05, 0) is 94.6 Å². The van der Waals surface area contributed by atoms with E-state index < -0.39 is 0 Å². The molecule has 0 aromatic carbocycles. The number of H-pyrrole nitrogens is 2. The van der Waals surface area contributed by atoms with Crippen molar-refractivity contribution < 1.29 is 8.83 Å². The molecule has 0 amide bonds. The highest BCUT2D eigenvalue weighted by Gasteiger charge is 1.92. The molecule has 17 nitrogen and oxygen atoms in total. The maximum atomic E-state index is 4.85. The number of nitrogens with one attached hydrogen (secondary N) is 2. The summed E-state index contributed by atoms with van der Waals surface area (Å²) in [5.74, 6) is 2.68. The van der Waals surface area contributed by atoms with Crippen LogP contribution in [0.15, 0.2) is 57.4 Å². The number of hydrogen-bond donors (Lipinski definition) is 2. The average Bonchev–Trinajstić information content (AvgIpc) is 4.11. The molecule has 8 rings (SSSR count). The Morgan fingerprint density at radius 3 is 1.02 bits per heavy atom. The highest BCUT2D eigenvalue weighted by atomic mass is 32.1. The van der Waals surface area contributed by atoms with Gasteiger partial charge in [0.15, 0.2) is 12.8 Å². The monoisotopic (exact) mass is 873 g/mol. The summed E-state index contributed by atoms with van der Waals surface area (Å²) >= 11 is 4.83. The molecule has 0 radical (unpaired) electrons. The van der Waals surface area contributed by atoms with Gasteiger partial charge < -0.3 is 8.83 Å². The minimum Gasteiger partial charge on any atom is -0.449 e. The van der Waals surface area contributed by atoms with Gasteiger partial charge >= 0.3 is 0 Å². The molecule has 0 unspecified atom stereocenters. The number of oxazole rings is 2. The maximum absolute atomic E-state index is 4.85. The number of thiazole rings is 2. The van der Waals surface area contributed by atoms with Crippen LogP contribution < -0.4 is 0 Å². The highest BCUT2D eigenvalue weighted by Crippen LogP contribution is 2.08. The van der Waals surface area contributed by atoms with Gasteiger partial charge in [0.05, 0.1) is 70.0 Å². The third kappa shape index (κ3) is 32.3. The lowest BCUT2D eigenvalue weighted by molar-refractivity contribution is 0.525. The summed E-state index contributed by atoms with van der Waals surface area (Å²) in [5.41, 5.74) is 9.84. The van der Waals surface area contributed by atoms with Crippen LogP contribution in [-0.2, 0) is 7.05 Å². The van der Waals surface area contributed by atoms with E-state index in [2.05, 4.69) is 84.2 Å². The van der Waals surface area contributed by atoms with Crippen molar-refractivity contribution in [3.05, 3.63) is 115 Å². The molecule has 0 spiro atoms. The molecule has 0 aliphatic heterocycles. The topological polar surface area (TPSA) is 217 Å². The molecule has 0 bridgehead atoms. The normalized spacial score (nSPS) is 8.59. The number of aryl methyl sites for hydroxylation is 13. The molecule has 8 aromatic rings. The molecule has 0 atom stereocenters. The molecule has 0 saturated heterocycles. The molecule has 0 aliphatic carbocycles. The summed E-state index contributed by atoms with van der Waals surface area (Å²) in [6.45, 7) is 35.4. The van der Waals surface area contributed by atoms with Crippen molar-refractivity contribution in [1.29, 1.82) is 0 Å². The third-order valence-electron chi connectivity index (χ3n) is 6.18. The molecule has 59 heavy (non-hydrogen) atoms. The van der Waals surface area contributed by atoms with Gasteiger partial charge in [-0.1, -0.05) is 41.5 Å². The Kier molecular flexibility index (Phi) is 37.5. The van der Waals surface area contributed by atoms with Gasteiger partial charge in [0, 0.05) is 16.8 Å².